The fourth-order valence-electron chi connectivity index (χ4n) is 2.56. The van der Waals surface area contributed by atoms with Gasteiger partial charge in [-0.05, 0) is 17.9 Å². The maximum absolute atomic E-state index is 11.6. The minimum atomic E-state index is -1.18. The molecule has 2 aliphatic rings. The average Bonchev–Trinajstić information content (AvgIpc) is 2.83. The van der Waals surface area contributed by atoms with Gasteiger partial charge in [0.05, 0.1) is 6.61 Å². The van der Waals surface area contributed by atoms with Crippen LogP contribution in [0.5, 0.6) is 0 Å². The number of ether oxygens (including phenoxy) is 1. The van der Waals surface area contributed by atoms with Gasteiger partial charge in [0.25, 0.3) is 5.56 Å². The summed E-state index contributed by atoms with van der Waals surface area (Å²) in [6.07, 6.45) is -1.43. The van der Waals surface area contributed by atoms with Gasteiger partial charge in [-0.3, -0.25) is 4.79 Å². The van der Waals surface area contributed by atoms with Crippen LogP contribution in [-0.2, 0) is 4.74 Å². The van der Waals surface area contributed by atoms with E-state index in [-0.39, 0.29) is 16.7 Å². The first-order valence-corrected chi connectivity index (χ1v) is 9.16. The van der Waals surface area contributed by atoms with E-state index in [9.17, 15) is 20.1 Å². The van der Waals surface area contributed by atoms with Crippen LogP contribution >= 0.6 is 23.5 Å². The Balaban J connectivity index is 1.94. The normalized spacial score (nSPS) is 33.2. The second-order valence-corrected chi connectivity index (χ2v) is 7.91. The molecule has 7 nitrogen and oxygen atoms in total. The van der Waals surface area contributed by atoms with Crippen LogP contribution in [0.4, 0.5) is 0 Å². The van der Waals surface area contributed by atoms with Gasteiger partial charge in [-0.1, -0.05) is 0 Å². The molecule has 0 amide bonds. The molecule has 9 heteroatoms. The Labute approximate surface area is 135 Å². The van der Waals surface area contributed by atoms with Gasteiger partial charge in [0.1, 0.15) is 28.7 Å². The van der Waals surface area contributed by atoms with Crippen LogP contribution in [0.25, 0.3) is 0 Å². The highest BCUT2D eigenvalue weighted by atomic mass is 32.2. The summed E-state index contributed by atoms with van der Waals surface area (Å²) >= 11 is 3.40. The average molecular weight is 346 g/mol. The first-order valence-electron chi connectivity index (χ1n) is 7.06. The number of aliphatic hydroxyl groups excluding tert-OH is 3. The lowest BCUT2D eigenvalue weighted by Crippen LogP contribution is -2.34. The molecule has 1 aromatic rings. The van der Waals surface area contributed by atoms with Gasteiger partial charge in [0, 0.05) is 12.3 Å². The van der Waals surface area contributed by atoms with E-state index in [1.54, 1.807) is 28.1 Å². The summed E-state index contributed by atoms with van der Waals surface area (Å²) in [6.45, 7) is -0.384. The van der Waals surface area contributed by atoms with Crippen molar-refractivity contribution in [3.8, 4) is 0 Å². The minimum absolute atomic E-state index is 0.0104. The van der Waals surface area contributed by atoms with Gasteiger partial charge in [-0.25, -0.2) is 0 Å². The Morgan fingerprint density at radius 1 is 1.32 bits per heavy atom. The van der Waals surface area contributed by atoms with Crippen LogP contribution in [0.3, 0.4) is 0 Å². The number of thioether (sulfide) groups is 2. The summed E-state index contributed by atoms with van der Waals surface area (Å²) in [4.78, 5) is 15.7. The Morgan fingerprint density at radius 3 is 2.68 bits per heavy atom. The fraction of sp³-hybridized carbons (Fsp3) is 0.692. The molecule has 0 spiro atoms. The maximum atomic E-state index is 11.6. The zero-order valence-corrected chi connectivity index (χ0v) is 13.4. The molecule has 22 heavy (non-hydrogen) atoms. The van der Waals surface area contributed by atoms with Crippen LogP contribution in [0, 0.1) is 0 Å². The third-order valence-electron chi connectivity index (χ3n) is 3.70. The largest absolute Gasteiger partial charge is 0.394 e. The summed E-state index contributed by atoms with van der Waals surface area (Å²) in [6, 6.07) is 1.30. The molecule has 2 aliphatic heterocycles. The lowest BCUT2D eigenvalue weighted by atomic mass is 10.1. The van der Waals surface area contributed by atoms with Crippen LogP contribution < -0.4 is 5.56 Å². The van der Waals surface area contributed by atoms with Crippen molar-refractivity contribution >= 4 is 23.5 Å². The molecule has 2 fully saturated rings. The van der Waals surface area contributed by atoms with E-state index in [0.717, 1.165) is 17.9 Å². The molecule has 4 atom stereocenters. The van der Waals surface area contributed by atoms with Gasteiger partial charge in [0.15, 0.2) is 6.23 Å². The van der Waals surface area contributed by atoms with Crippen molar-refractivity contribution in [2.24, 2.45) is 0 Å². The Hall–Kier alpha value is -0.580. The lowest BCUT2D eigenvalue weighted by molar-refractivity contribution is -0.0545. The highest BCUT2D eigenvalue weighted by molar-refractivity contribution is 8.16. The number of rotatable bonds is 3. The molecule has 1 aromatic heterocycles. The smallest absolute Gasteiger partial charge is 0.272 e. The number of aliphatic hydroxyl groups is 3. The first kappa shape index (κ1) is 16.3. The Bertz CT molecular complexity index is 578. The van der Waals surface area contributed by atoms with Crippen molar-refractivity contribution in [1.82, 2.24) is 9.55 Å². The second kappa shape index (κ2) is 6.90. The van der Waals surface area contributed by atoms with Crippen molar-refractivity contribution < 1.29 is 20.1 Å². The predicted octanol–water partition coefficient (Wildman–Crippen LogP) is -0.277. The summed E-state index contributed by atoms with van der Waals surface area (Å²) in [7, 11) is 0. The summed E-state index contributed by atoms with van der Waals surface area (Å²) in [5.41, 5.74) is -0.343. The molecular weight excluding hydrogens is 328 g/mol. The van der Waals surface area contributed by atoms with Gasteiger partial charge < -0.3 is 24.6 Å². The summed E-state index contributed by atoms with van der Waals surface area (Å²) in [5, 5.41) is 29.3. The molecule has 3 N–H and O–H groups in total. The molecule has 3 rings (SSSR count). The number of hydrogen-bond donors (Lipinski definition) is 3. The lowest BCUT2D eigenvalue weighted by Gasteiger charge is -2.27. The first-order chi connectivity index (χ1) is 10.6. The van der Waals surface area contributed by atoms with Crippen LogP contribution in [0.15, 0.2) is 17.1 Å². The molecule has 3 heterocycles. The summed E-state index contributed by atoms with van der Waals surface area (Å²) < 4.78 is 7.13. The zero-order valence-electron chi connectivity index (χ0n) is 11.7. The second-order valence-electron chi connectivity index (χ2n) is 5.19. The summed E-state index contributed by atoms with van der Waals surface area (Å²) in [5.74, 6) is 2.49. The molecule has 0 aliphatic carbocycles. The van der Waals surface area contributed by atoms with E-state index in [2.05, 4.69) is 4.98 Å². The highest BCUT2D eigenvalue weighted by Gasteiger charge is 2.44. The van der Waals surface area contributed by atoms with Gasteiger partial charge in [-0.2, -0.15) is 4.98 Å². The minimum Gasteiger partial charge on any atom is -0.394 e. The maximum Gasteiger partial charge on any atom is 0.272 e. The molecular formula is C13H18N2O5S2. The van der Waals surface area contributed by atoms with E-state index in [1.165, 1.54) is 12.3 Å². The van der Waals surface area contributed by atoms with Gasteiger partial charge in [-0.15, -0.1) is 23.5 Å². The quantitative estimate of drug-likeness (QED) is 0.687. The van der Waals surface area contributed by atoms with Crippen molar-refractivity contribution in [2.75, 3.05) is 18.1 Å². The van der Waals surface area contributed by atoms with E-state index in [4.69, 9.17) is 4.74 Å². The predicted molar refractivity (Wildman–Crippen MR) is 83.8 cm³/mol. The Kier molecular flexibility index (Phi) is 5.10. The monoisotopic (exact) mass is 346 g/mol. The molecule has 0 bridgehead atoms. The van der Waals surface area contributed by atoms with Crippen molar-refractivity contribution in [2.45, 2.75) is 35.5 Å². The number of hydrogen-bond acceptors (Lipinski definition) is 8. The van der Waals surface area contributed by atoms with E-state index in [0.29, 0.717) is 5.82 Å². The third kappa shape index (κ3) is 3.06. The molecule has 0 saturated carbocycles. The number of aromatic nitrogens is 2. The molecule has 0 unspecified atom stereocenters. The molecule has 122 valence electrons. The topological polar surface area (TPSA) is 105 Å². The molecule has 0 aromatic carbocycles. The van der Waals surface area contributed by atoms with Crippen LogP contribution in [0.2, 0.25) is 0 Å². The Morgan fingerprint density at radius 2 is 2.05 bits per heavy atom. The van der Waals surface area contributed by atoms with E-state index >= 15 is 0 Å². The van der Waals surface area contributed by atoms with Gasteiger partial charge >= 0.3 is 0 Å². The van der Waals surface area contributed by atoms with Crippen LogP contribution in [-0.4, -0.2) is 61.3 Å². The SMILES string of the molecule is O=c1ccn([C@H]2O[C@@H](CO)[C@@H](O)[C@@H]2O)c(C2SCCCS2)n1. The van der Waals surface area contributed by atoms with Crippen LogP contribution in [0.1, 0.15) is 23.1 Å². The standard InChI is InChI=1S/C13H18N2O5S2/c16-6-7-9(18)10(19)12(20-7)15-3-2-8(17)14-11(15)13-21-4-1-5-22-13/h2-3,7,9-10,12-13,16,18-19H,1,4-6H2/t7-,9+,10-,12-/m0/s1. The van der Waals surface area contributed by atoms with E-state index < -0.39 is 24.5 Å². The molecule has 0 radical (unpaired) electrons. The highest BCUT2D eigenvalue weighted by Crippen LogP contribution is 2.44. The van der Waals surface area contributed by atoms with Crippen molar-refractivity contribution in [3.63, 3.8) is 0 Å². The fourth-order valence-corrected chi connectivity index (χ4v) is 5.41. The van der Waals surface area contributed by atoms with Crippen molar-refractivity contribution in [3.05, 3.63) is 28.4 Å². The molecule has 2 saturated heterocycles. The third-order valence-corrected chi connectivity index (χ3v) is 6.59. The van der Waals surface area contributed by atoms with Crippen molar-refractivity contribution in [1.29, 1.82) is 0 Å². The van der Waals surface area contributed by atoms with Gasteiger partial charge in [0.2, 0.25) is 0 Å². The zero-order chi connectivity index (χ0) is 15.7. The van der Waals surface area contributed by atoms with E-state index in [1.807, 2.05) is 0 Å². The number of nitrogens with zero attached hydrogens (tertiary/aromatic N) is 2.